The number of aliphatic hydroxyl groups excluding tert-OH is 1. The molecule has 0 saturated heterocycles. The number of aliphatic hydroxyl groups is 1. The Kier molecular flexibility index (Phi) is 3.19. The number of nitrogens with zero attached hydrogens (tertiary/aromatic N) is 1. The second-order valence-corrected chi connectivity index (χ2v) is 5.24. The van der Waals surface area contributed by atoms with Crippen molar-refractivity contribution in [1.82, 2.24) is 4.37 Å². The van der Waals surface area contributed by atoms with E-state index in [1.54, 1.807) is 6.20 Å². The summed E-state index contributed by atoms with van der Waals surface area (Å²) < 4.78 is 4.03. The lowest BCUT2D eigenvalue weighted by molar-refractivity contribution is 0.0784. The van der Waals surface area contributed by atoms with E-state index in [4.69, 9.17) is 0 Å². The van der Waals surface area contributed by atoms with Gasteiger partial charge in [-0.1, -0.05) is 19.8 Å². The van der Waals surface area contributed by atoms with Gasteiger partial charge in [-0.3, -0.25) is 0 Å². The zero-order chi connectivity index (χ0) is 9.97. The summed E-state index contributed by atoms with van der Waals surface area (Å²) in [7, 11) is 0. The molecule has 78 valence electrons. The number of hydrogen-bond acceptors (Lipinski definition) is 3. The van der Waals surface area contributed by atoms with Crippen molar-refractivity contribution in [3.05, 3.63) is 17.1 Å². The quantitative estimate of drug-likeness (QED) is 0.815. The molecule has 0 bridgehead atoms. The Hall–Kier alpha value is -0.410. The monoisotopic (exact) mass is 211 g/mol. The smallest absolute Gasteiger partial charge is 0.0925 e. The molecular formula is C11H17NOS. The molecule has 3 heteroatoms. The van der Waals surface area contributed by atoms with E-state index in [9.17, 15) is 5.11 Å². The maximum Gasteiger partial charge on any atom is 0.0925 e. The topological polar surface area (TPSA) is 33.1 Å². The zero-order valence-corrected chi connectivity index (χ0v) is 9.33. The van der Waals surface area contributed by atoms with Crippen LogP contribution in [0.15, 0.2) is 12.3 Å². The van der Waals surface area contributed by atoms with E-state index in [0.29, 0.717) is 5.92 Å². The van der Waals surface area contributed by atoms with E-state index < -0.39 is 0 Å². The fourth-order valence-electron chi connectivity index (χ4n) is 2.21. The summed E-state index contributed by atoms with van der Waals surface area (Å²) in [4.78, 5) is 1.03. The molecule has 0 radical (unpaired) electrons. The molecule has 1 aliphatic carbocycles. The van der Waals surface area contributed by atoms with Gasteiger partial charge in [-0.05, 0) is 42.3 Å². The molecule has 1 fully saturated rings. The average Bonchev–Trinajstić information content (AvgIpc) is 2.71. The highest BCUT2D eigenvalue weighted by molar-refractivity contribution is 7.05. The van der Waals surface area contributed by atoms with Crippen molar-refractivity contribution in [3.63, 3.8) is 0 Å². The van der Waals surface area contributed by atoms with Crippen LogP contribution in [-0.4, -0.2) is 9.48 Å². The van der Waals surface area contributed by atoms with Crippen LogP contribution in [0.25, 0.3) is 0 Å². The van der Waals surface area contributed by atoms with E-state index >= 15 is 0 Å². The van der Waals surface area contributed by atoms with Gasteiger partial charge in [0, 0.05) is 6.20 Å². The molecule has 1 saturated carbocycles. The first kappa shape index (κ1) is 10.1. The third-order valence-corrected chi connectivity index (χ3v) is 4.07. The summed E-state index contributed by atoms with van der Waals surface area (Å²) in [6, 6.07) is 1.94. The van der Waals surface area contributed by atoms with Crippen molar-refractivity contribution in [3.8, 4) is 0 Å². The van der Waals surface area contributed by atoms with Crippen LogP contribution >= 0.6 is 11.5 Å². The van der Waals surface area contributed by atoms with Crippen molar-refractivity contribution in [2.45, 2.75) is 38.7 Å². The van der Waals surface area contributed by atoms with Gasteiger partial charge in [0.25, 0.3) is 0 Å². The third kappa shape index (κ3) is 2.15. The van der Waals surface area contributed by atoms with Gasteiger partial charge in [0.15, 0.2) is 0 Å². The maximum absolute atomic E-state index is 10.1. The van der Waals surface area contributed by atoms with E-state index in [1.807, 2.05) is 6.07 Å². The Bertz CT molecular complexity index is 265. The van der Waals surface area contributed by atoms with Crippen molar-refractivity contribution < 1.29 is 5.11 Å². The summed E-state index contributed by atoms with van der Waals surface area (Å²) in [5, 5.41) is 10.1. The number of hydrogen-bond donors (Lipinski definition) is 1. The molecule has 2 rings (SSSR count). The first-order valence-corrected chi connectivity index (χ1v) is 6.13. The van der Waals surface area contributed by atoms with E-state index in [2.05, 4.69) is 11.3 Å². The van der Waals surface area contributed by atoms with Gasteiger partial charge in [0.05, 0.1) is 11.0 Å². The fourth-order valence-corrected chi connectivity index (χ4v) is 2.88. The fraction of sp³-hybridized carbons (Fsp3) is 0.727. The molecule has 1 heterocycles. The summed E-state index contributed by atoms with van der Waals surface area (Å²) in [5.74, 6) is 1.31. The summed E-state index contributed by atoms with van der Waals surface area (Å²) in [6.07, 6.45) is 6.37. The lowest BCUT2D eigenvalue weighted by Gasteiger charge is -2.29. The van der Waals surface area contributed by atoms with Crippen LogP contribution in [0.5, 0.6) is 0 Å². The lowest BCUT2D eigenvalue weighted by Crippen LogP contribution is -2.18. The van der Waals surface area contributed by atoms with Crippen molar-refractivity contribution in [2.75, 3.05) is 0 Å². The lowest BCUT2D eigenvalue weighted by atomic mass is 9.80. The highest BCUT2D eigenvalue weighted by atomic mass is 32.1. The Morgan fingerprint density at radius 3 is 2.71 bits per heavy atom. The molecule has 2 nitrogen and oxygen atoms in total. The zero-order valence-electron chi connectivity index (χ0n) is 8.52. The van der Waals surface area contributed by atoms with E-state index in [1.165, 1.54) is 37.2 Å². The minimum absolute atomic E-state index is 0.269. The van der Waals surface area contributed by atoms with E-state index in [-0.39, 0.29) is 6.10 Å². The molecule has 0 amide bonds. The summed E-state index contributed by atoms with van der Waals surface area (Å²) in [5.41, 5.74) is 0. The Labute approximate surface area is 89.1 Å². The summed E-state index contributed by atoms with van der Waals surface area (Å²) in [6.45, 7) is 2.30. The molecule has 1 aromatic rings. The molecule has 1 N–H and O–H groups in total. The highest BCUT2D eigenvalue weighted by Gasteiger charge is 2.26. The molecule has 0 aromatic carbocycles. The Morgan fingerprint density at radius 1 is 1.43 bits per heavy atom. The highest BCUT2D eigenvalue weighted by Crippen LogP contribution is 2.37. The molecule has 0 aliphatic heterocycles. The van der Waals surface area contributed by atoms with Crippen molar-refractivity contribution in [2.24, 2.45) is 11.8 Å². The molecule has 1 aliphatic rings. The van der Waals surface area contributed by atoms with Crippen molar-refractivity contribution >= 4 is 11.5 Å². The SMILES string of the molecule is CC1CCC(C(O)c2ccns2)CC1. The van der Waals surface area contributed by atoms with Crippen LogP contribution in [-0.2, 0) is 0 Å². The first-order valence-electron chi connectivity index (χ1n) is 5.36. The molecule has 1 atom stereocenters. The Balaban J connectivity index is 1.95. The summed E-state index contributed by atoms with van der Waals surface area (Å²) >= 11 is 1.43. The van der Waals surface area contributed by atoms with Crippen LogP contribution in [0.2, 0.25) is 0 Å². The minimum atomic E-state index is -0.269. The van der Waals surface area contributed by atoms with Gasteiger partial charge in [0.1, 0.15) is 0 Å². The minimum Gasteiger partial charge on any atom is -0.387 e. The van der Waals surface area contributed by atoms with Crippen LogP contribution in [0.1, 0.15) is 43.6 Å². The predicted octanol–water partition coefficient (Wildman–Crippen LogP) is 3.00. The molecule has 14 heavy (non-hydrogen) atoms. The van der Waals surface area contributed by atoms with Gasteiger partial charge in [-0.25, -0.2) is 4.37 Å². The first-order chi connectivity index (χ1) is 6.77. The Morgan fingerprint density at radius 2 is 2.14 bits per heavy atom. The molecule has 1 unspecified atom stereocenters. The molecule has 0 spiro atoms. The second-order valence-electron chi connectivity index (χ2n) is 4.38. The van der Waals surface area contributed by atoms with Crippen LogP contribution in [0.3, 0.4) is 0 Å². The molecule has 1 aromatic heterocycles. The predicted molar refractivity (Wildman–Crippen MR) is 58.2 cm³/mol. The van der Waals surface area contributed by atoms with E-state index in [0.717, 1.165) is 10.8 Å². The van der Waals surface area contributed by atoms with Crippen LogP contribution in [0, 0.1) is 11.8 Å². The van der Waals surface area contributed by atoms with Gasteiger partial charge >= 0.3 is 0 Å². The molecular weight excluding hydrogens is 194 g/mol. The van der Waals surface area contributed by atoms with Crippen molar-refractivity contribution in [1.29, 1.82) is 0 Å². The number of rotatable bonds is 2. The standard InChI is InChI=1S/C11H17NOS/c1-8-2-4-9(5-3-8)11(13)10-6-7-12-14-10/h6-9,11,13H,2-5H2,1H3. The van der Waals surface area contributed by atoms with Gasteiger partial charge in [-0.15, -0.1) is 0 Å². The number of aromatic nitrogens is 1. The second kappa shape index (κ2) is 4.41. The average molecular weight is 211 g/mol. The third-order valence-electron chi connectivity index (χ3n) is 3.26. The maximum atomic E-state index is 10.1. The van der Waals surface area contributed by atoms with Crippen LogP contribution < -0.4 is 0 Å². The van der Waals surface area contributed by atoms with Gasteiger partial charge in [-0.2, -0.15) is 0 Å². The van der Waals surface area contributed by atoms with Gasteiger partial charge in [0.2, 0.25) is 0 Å². The van der Waals surface area contributed by atoms with Gasteiger partial charge < -0.3 is 5.11 Å². The van der Waals surface area contributed by atoms with Crippen LogP contribution in [0.4, 0.5) is 0 Å². The normalized spacial score (nSPS) is 30.1. The largest absolute Gasteiger partial charge is 0.387 e.